The van der Waals surface area contributed by atoms with Crippen LogP contribution in [0.5, 0.6) is 17.2 Å². The number of alkyl halides is 3. The van der Waals surface area contributed by atoms with Gasteiger partial charge in [0.05, 0.1) is 13.7 Å². The minimum Gasteiger partial charge on any atom is -0.497 e. The fourth-order valence-electron chi connectivity index (χ4n) is 4.61. The number of hydrogen-bond donors (Lipinski definition) is 2. The van der Waals surface area contributed by atoms with Crippen LogP contribution in [0.15, 0.2) is 42.5 Å². The number of amides is 2. The lowest BCUT2D eigenvalue weighted by atomic mass is 9.92. The van der Waals surface area contributed by atoms with Gasteiger partial charge in [0.15, 0.2) is 0 Å². The van der Waals surface area contributed by atoms with E-state index < -0.39 is 17.3 Å². The number of hydrogen-bond acceptors (Lipinski definition) is 6. The first kappa shape index (κ1) is 27.7. The van der Waals surface area contributed by atoms with Crippen molar-refractivity contribution in [1.82, 2.24) is 15.5 Å². The second-order valence-corrected chi connectivity index (χ2v) is 9.74. The molecule has 2 aliphatic heterocycles. The predicted molar refractivity (Wildman–Crippen MR) is 133 cm³/mol. The number of methoxy groups -OCH3 is 1. The Labute approximate surface area is 219 Å². The maximum atomic E-state index is 13.5. The summed E-state index contributed by atoms with van der Waals surface area (Å²) < 4.78 is 56.2. The molecule has 11 heteroatoms. The number of nitrogens with one attached hydrogen (secondary N) is 2. The molecule has 2 aromatic carbocycles. The van der Waals surface area contributed by atoms with Gasteiger partial charge in [-0.15, -0.1) is 0 Å². The lowest BCUT2D eigenvalue weighted by molar-refractivity contribution is -0.138. The smallest absolute Gasteiger partial charge is 0.420 e. The number of benzene rings is 2. The largest absolute Gasteiger partial charge is 0.497 e. The first-order valence-electron chi connectivity index (χ1n) is 12.5. The summed E-state index contributed by atoms with van der Waals surface area (Å²) >= 11 is 0. The third-order valence-corrected chi connectivity index (χ3v) is 7.00. The van der Waals surface area contributed by atoms with Crippen molar-refractivity contribution in [2.24, 2.45) is 5.92 Å². The number of rotatable bonds is 8. The van der Waals surface area contributed by atoms with Gasteiger partial charge in [0.2, 0.25) is 11.8 Å². The van der Waals surface area contributed by atoms with E-state index in [4.69, 9.17) is 14.2 Å². The van der Waals surface area contributed by atoms with Crippen LogP contribution in [-0.4, -0.2) is 62.7 Å². The van der Waals surface area contributed by atoms with Crippen LogP contribution in [0.1, 0.15) is 30.4 Å². The van der Waals surface area contributed by atoms with Crippen LogP contribution in [0.25, 0.3) is 0 Å². The molecule has 0 spiro atoms. The SMILES string of the molecule is COc1ccc(Oc2ccc(CNC(=O)C3(NC(=O)C4CCN(C)CC4)CCOC3)cc2)c(C(F)(F)F)c1. The van der Waals surface area contributed by atoms with Crippen molar-refractivity contribution in [2.75, 3.05) is 40.5 Å². The van der Waals surface area contributed by atoms with Gasteiger partial charge in [-0.25, -0.2) is 0 Å². The molecule has 38 heavy (non-hydrogen) atoms. The predicted octanol–water partition coefficient (Wildman–Crippen LogP) is 3.74. The van der Waals surface area contributed by atoms with Gasteiger partial charge in [-0.2, -0.15) is 13.2 Å². The monoisotopic (exact) mass is 535 g/mol. The Bertz CT molecular complexity index is 1130. The molecule has 0 saturated carbocycles. The van der Waals surface area contributed by atoms with E-state index >= 15 is 0 Å². The number of carbonyl (C=O) groups excluding carboxylic acids is 2. The van der Waals surface area contributed by atoms with Gasteiger partial charge in [-0.3, -0.25) is 9.59 Å². The molecule has 2 N–H and O–H groups in total. The number of carbonyl (C=O) groups is 2. The minimum atomic E-state index is -4.61. The van der Waals surface area contributed by atoms with Gasteiger partial charge >= 0.3 is 6.18 Å². The van der Waals surface area contributed by atoms with E-state index in [0.717, 1.165) is 32.0 Å². The molecule has 1 atom stereocenters. The van der Waals surface area contributed by atoms with Gasteiger partial charge in [0.25, 0.3) is 0 Å². The Morgan fingerprint density at radius 1 is 1.11 bits per heavy atom. The normalized spacial score (nSPS) is 20.7. The quantitative estimate of drug-likeness (QED) is 0.536. The van der Waals surface area contributed by atoms with E-state index in [-0.39, 0.29) is 48.1 Å². The lowest BCUT2D eigenvalue weighted by Crippen LogP contribution is -2.60. The van der Waals surface area contributed by atoms with Gasteiger partial charge in [0, 0.05) is 25.5 Å². The summed E-state index contributed by atoms with van der Waals surface area (Å²) in [6.07, 6.45) is -2.74. The highest BCUT2D eigenvalue weighted by atomic mass is 19.4. The van der Waals surface area contributed by atoms with Gasteiger partial charge in [-0.05, 0) is 68.9 Å². The molecule has 0 bridgehead atoms. The summed E-state index contributed by atoms with van der Waals surface area (Å²) in [5.74, 6) is -0.650. The van der Waals surface area contributed by atoms with Crippen LogP contribution in [0.4, 0.5) is 13.2 Å². The van der Waals surface area contributed by atoms with Gasteiger partial charge < -0.3 is 29.7 Å². The molecule has 2 saturated heterocycles. The van der Waals surface area contributed by atoms with Crippen molar-refractivity contribution in [3.63, 3.8) is 0 Å². The molecule has 0 aliphatic carbocycles. The zero-order valence-electron chi connectivity index (χ0n) is 21.4. The van der Waals surface area contributed by atoms with E-state index in [1.54, 1.807) is 12.1 Å². The molecular formula is C27H32F3N3O5. The number of likely N-dealkylation sites (tertiary alicyclic amines) is 1. The number of nitrogens with zero attached hydrogens (tertiary/aromatic N) is 1. The fraction of sp³-hybridized carbons (Fsp3) is 0.481. The van der Waals surface area contributed by atoms with Crippen molar-refractivity contribution < 1.29 is 37.0 Å². The molecule has 2 fully saturated rings. The van der Waals surface area contributed by atoms with Crippen LogP contribution < -0.4 is 20.1 Å². The number of halogens is 3. The maximum absolute atomic E-state index is 13.5. The Morgan fingerprint density at radius 3 is 2.39 bits per heavy atom. The van der Waals surface area contributed by atoms with E-state index in [2.05, 4.69) is 15.5 Å². The standard InChI is InChI=1S/C27H32F3N3O5/c1-33-12-9-19(10-13-33)24(34)32-26(11-14-37-17-26)25(35)31-16-18-3-5-20(6-4-18)38-23-8-7-21(36-2)15-22(23)27(28,29)30/h3-8,15,19H,9-14,16-17H2,1-2H3,(H,31,35)(H,32,34). The maximum Gasteiger partial charge on any atom is 0.420 e. The molecule has 2 heterocycles. The van der Waals surface area contributed by atoms with Crippen LogP contribution in [0.3, 0.4) is 0 Å². The summed E-state index contributed by atoms with van der Waals surface area (Å²) in [7, 11) is 3.31. The summed E-state index contributed by atoms with van der Waals surface area (Å²) in [6, 6.07) is 9.85. The summed E-state index contributed by atoms with van der Waals surface area (Å²) in [4.78, 5) is 28.2. The highest BCUT2D eigenvalue weighted by Crippen LogP contribution is 2.40. The minimum absolute atomic E-state index is 0.0729. The molecule has 2 aliphatic rings. The molecule has 0 radical (unpaired) electrons. The molecule has 206 valence electrons. The van der Waals surface area contributed by atoms with E-state index in [9.17, 15) is 22.8 Å². The topological polar surface area (TPSA) is 89.1 Å². The van der Waals surface area contributed by atoms with Crippen molar-refractivity contribution >= 4 is 11.8 Å². The third kappa shape index (κ3) is 6.57. The zero-order valence-corrected chi connectivity index (χ0v) is 21.4. The summed E-state index contributed by atoms with van der Waals surface area (Å²) in [5.41, 5.74) is -1.35. The highest BCUT2D eigenvalue weighted by Gasteiger charge is 2.44. The Hall–Kier alpha value is -3.31. The van der Waals surface area contributed by atoms with Gasteiger partial charge in [0.1, 0.15) is 28.4 Å². The Balaban J connectivity index is 1.36. The second-order valence-electron chi connectivity index (χ2n) is 9.74. The summed E-state index contributed by atoms with van der Waals surface area (Å²) in [6.45, 7) is 2.32. The van der Waals surface area contributed by atoms with E-state index in [1.165, 1.54) is 31.4 Å². The van der Waals surface area contributed by atoms with Gasteiger partial charge in [-0.1, -0.05) is 12.1 Å². The van der Waals surface area contributed by atoms with Crippen molar-refractivity contribution in [1.29, 1.82) is 0 Å². The van der Waals surface area contributed by atoms with Crippen LogP contribution in [0, 0.1) is 5.92 Å². The molecule has 2 aromatic rings. The molecule has 0 aromatic heterocycles. The lowest BCUT2D eigenvalue weighted by Gasteiger charge is -2.32. The first-order chi connectivity index (χ1) is 18.1. The average Bonchev–Trinajstić information content (AvgIpc) is 3.37. The molecule has 1 unspecified atom stereocenters. The van der Waals surface area contributed by atoms with E-state index in [1.807, 2.05) is 7.05 Å². The molecule has 8 nitrogen and oxygen atoms in total. The third-order valence-electron chi connectivity index (χ3n) is 7.00. The van der Waals surface area contributed by atoms with Crippen molar-refractivity contribution in [2.45, 2.75) is 37.5 Å². The average molecular weight is 536 g/mol. The number of ether oxygens (including phenoxy) is 3. The molecule has 2 amide bonds. The summed E-state index contributed by atoms with van der Waals surface area (Å²) in [5, 5.41) is 5.82. The van der Waals surface area contributed by atoms with E-state index in [0.29, 0.717) is 18.6 Å². The fourth-order valence-corrected chi connectivity index (χ4v) is 4.61. The molecular weight excluding hydrogens is 503 g/mol. The second kappa shape index (κ2) is 11.6. The van der Waals surface area contributed by atoms with Crippen LogP contribution in [0.2, 0.25) is 0 Å². The Kier molecular flexibility index (Phi) is 8.47. The molecule has 4 rings (SSSR count). The van der Waals surface area contributed by atoms with Crippen molar-refractivity contribution in [3.05, 3.63) is 53.6 Å². The van der Waals surface area contributed by atoms with Crippen molar-refractivity contribution in [3.8, 4) is 17.2 Å². The first-order valence-corrected chi connectivity index (χ1v) is 12.5. The van der Waals surface area contributed by atoms with Crippen LogP contribution in [-0.2, 0) is 27.0 Å². The number of piperidine rings is 1. The zero-order chi connectivity index (χ0) is 27.3. The highest BCUT2D eigenvalue weighted by molar-refractivity contribution is 5.92. The Morgan fingerprint density at radius 2 is 1.79 bits per heavy atom. The van der Waals surface area contributed by atoms with Crippen LogP contribution >= 0.6 is 0 Å².